The third kappa shape index (κ3) is 2.48. The Hall–Kier alpha value is -0.470. The first kappa shape index (κ1) is 10.6. The third-order valence-electron chi connectivity index (χ3n) is 1.45. The summed E-state index contributed by atoms with van der Waals surface area (Å²) in [5, 5.41) is 0.269. The minimum atomic E-state index is -0.595. The van der Waals surface area contributed by atoms with Crippen molar-refractivity contribution in [2.75, 3.05) is 6.61 Å². The Balaban J connectivity index is 2.96. The van der Waals surface area contributed by atoms with Gasteiger partial charge in [0.1, 0.15) is 0 Å². The maximum atomic E-state index is 13.2. The van der Waals surface area contributed by atoms with Gasteiger partial charge in [-0.15, -0.1) is 0 Å². The van der Waals surface area contributed by atoms with Crippen LogP contribution < -0.4 is 4.74 Å². The van der Waals surface area contributed by atoms with Crippen molar-refractivity contribution >= 4 is 23.2 Å². The van der Waals surface area contributed by atoms with Crippen LogP contribution >= 0.6 is 23.2 Å². The minimum Gasteiger partial charge on any atom is -0.489 e. The van der Waals surface area contributed by atoms with E-state index in [0.717, 1.165) is 6.42 Å². The van der Waals surface area contributed by atoms with Crippen molar-refractivity contribution in [1.82, 2.24) is 0 Å². The molecule has 0 aliphatic carbocycles. The molecule has 13 heavy (non-hydrogen) atoms. The summed E-state index contributed by atoms with van der Waals surface area (Å²) in [6.07, 6.45) is 0.794. The molecule has 0 fully saturated rings. The molecule has 0 aliphatic heterocycles. The molecule has 0 amide bonds. The Morgan fingerprint density at radius 2 is 1.92 bits per heavy atom. The Morgan fingerprint density at radius 3 is 2.54 bits per heavy atom. The van der Waals surface area contributed by atoms with E-state index in [1.54, 1.807) is 0 Å². The molecule has 1 aromatic rings. The molecule has 0 unspecified atom stereocenters. The zero-order valence-corrected chi connectivity index (χ0v) is 8.62. The van der Waals surface area contributed by atoms with Gasteiger partial charge in [0.15, 0.2) is 11.6 Å². The first-order valence-electron chi connectivity index (χ1n) is 3.93. The molecule has 0 saturated heterocycles. The molecule has 1 nitrogen and oxygen atoms in total. The van der Waals surface area contributed by atoms with E-state index in [-0.39, 0.29) is 15.8 Å². The van der Waals surface area contributed by atoms with E-state index in [2.05, 4.69) is 0 Å². The molecule has 0 saturated carbocycles. The summed E-state index contributed by atoms with van der Waals surface area (Å²) in [7, 11) is 0. The van der Waals surface area contributed by atoms with Gasteiger partial charge in [0.05, 0.1) is 16.7 Å². The molecular formula is C9H9Cl2FO. The monoisotopic (exact) mass is 222 g/mol. The lowest BCUT2D eigenvalue weighted by Crippen LogP contribution is -1.98. The van der Waals surface area contributed by atoms with Crippen LogP contribution in [0.2, 0.25) is 10.0 Å². The van der Waals surface area contributed by atoms with Crippen LogP contribution in [0.1, 0.15) is 13.3 Å². The SMILES string of the molecule is CCCOc1c(Cl)ccc(Cl)c1F. The summed E-state index contributed by atoms with van der Waals surface area (Å²) < 4.78 is 18.4. The van der Waals surface area contributed by atoms with Crippen LogP contribution in [0.25, 0.3) is 0 Å². The Kier molecular flexibility index (Phi) is 3.82. The highest BCUT2D eigenvalue weighted by atomic mass is 35.5. The van der Waals surface area contributed by atoms with E-state index < -0.39 is 5.82 Å². The number of ether oxygens (including phenoxy) is 1. The lowest BCUT2D eigenvalue weighted by Gasteiger charge is -2.08. The van der Waals surface area contributed by atoms with Crippen LogP contribution in [-0.4, -0.2) is 6.61 Å². The van der Waals surface area contributed by atoms with Crippen LogP contribution in [0.3, 0.4) is 0 Å². The smallest absolute Gasteiger partial charge is 0.185 e. The number of hydrogen-bond acceptors (Lipinski definition) is 1. The third-order valence-corrected chi connectivity index (χ3v) is 2.04. The first-order valence-corrected chi connectivity index (χ1v) is 4.68. The van der Waals surface area contributed by atoms with Gasteiger partial charge in [-0.05, 0) is 18.6 Å². The molecule has 0 heterocycles. The molecule has 0 bridgehead atoms. The predicted octanol–water partition coefficient (Wildman–Crippen LogP) is 3.92. The maximum Gasteiger partial charge on any atom is 0.185 e. The van der Waals surface area contributed by atoms with E-state index in [1.807, 2.05) is 6.92 Å². The topological polar surface area (TPSA) is 9.23 Å². The lowest BCUT2D eigenvalue weighted by molar-refractivity contribution is 0.301. The molecule has 1 rings (SSSR count). The van der Waals surface area contributed by atoms with Crippen molar-refractivity contribution in [2.24, 2.45) is 0 Å². The van der Waals surface area contributed by atoms with Crippen LogP contribution in [0, 0.1) is 5.82 Å². The summed E-state index contributed by atoms with van der Waals surface area (Å²) in [5.41, 5.74) is 0. The highest BCUT2D eigenvalue weighted by molar-refractivity contribution is 6.34. The van der Waals surface area contributed by atoms with Crippen LogP contribution in [0.15, 0.2) is 12.1 Å². The summed E-state index contributed by atoms with van der Waals surface area (Å²) in [4.78, 5) is 0. The zero-order valence-electron chi connectivity index (χ0n) is 7.11. The van der Waals surface area contributed by atoms with Gasteiger partial charge in [-0.2, -0.15) is 0 Å². The maximum absolute atomic E-state index is 13.2. The van der Waals surface area contributed by atoms with Gasteiger partial charge in [-0.25, -0.2) is 4.39 Å². The molecule has 4 heteroatoms. The van der Waals surface area contributed by atoms with Crippen molar-refractivity contribution in [3.63, 3.8) is 0 Å². The number of rotatable bonds is 3. The average molecular weight is 223 g/mol. The number of benzene rings is 1. The predicted molar refractivity (Wildman–Crippen MR) is 52.2 cm³/mol. The van der Waals surface area contributed by atoms with Crippen LogP contribution in [-0.2, 0) is 0 Å². The minimum absolute atomic E-state index is 0.0236. The fourth-order valence-electron chi connectivity index (χ4n) is 0.845. The standard InChI is InChI=1S/C9H9Cl2FO/c1-2-5-13-9-7(11)4-3-6(10)8(9)12/h3-4H,2,5H2,1H3. The molecule has 72 valence electrons. The molecule has 0 aromatic heterocycles. The van der Waals surface area contributed by atoms with Gasteiger partial charge in [-0.1, -0.05) is 30.1 Å². The van der Waals surface area contributed by atoms with E-state index in [9.17, 15) is 4.39 Å². The van der Waals surface area contributed by atoms with Gasteiger partial charge in [0.25, 0.3) is 0 Å². The highest BCUT2D eigenvalue weighted by Gasteiger charge is 2.11. The van der Waals surface area contributed by atoms with Gasteiger partial charge < -0.3 is 4.74 Å². The van der Waals surface area contributed by atoms with Gasteiger partial charge in [-0.3, -0.25) is 0 Å². The molecule has 1 aromatic carbocycles. The molecule has 0 atom stereocenters. The van der Waals surface area contributed by atoms with Gasteiger partial charge >= 0.3 is 0 Å². The van der Waals surface area contributed by atoms with Gasteiger partial charge in [0, 0.05) is 0 Å². The van der Waals surface area contributed by atoms with Gasteiger partial charge in [0.2, 0.25) is 0 Å². The second-order valence-corrected chi connectivity index (χ2v) is 3.34. The lowest BCUT2D eigenvalue weighted by atomic mass is 10.3. The highest BCUT2D eigenvalue weighted by Crippen LogP contribution is 2.32. The fourth-order valence-corrected chi connectivity index (χ4v) is 1.19. The fraction of sp³-hybridized carbons (Fsp3) is 0.333. The Morgan fingerprint density at radius 1 is 1.31 bits per heavy atom. The quantitative estimate of drug-likeness (QED) is 0.705. The zero-order chi connectivity index (χ0) is 9.84. The largest absolute Gasteiger partial charge is 0.489 e. The van der Waals surface area contributed by atoms with Crippen molar-refractivity contribution < 1.29 is 9.13 Å². The summed E-state index contributed by atoms with van der Waals surface area (Å²) in [6, 6.07) is 2.91. The van der Waals surface area contributed by atoms with Crippen LogP contribution in [0.4, 0.5) is 4.39 Å². The number of halogens is 3. The van der Waals surface area contributed by atoms with Crippen LogP contribution in [0.5, 0.6) is 5.75 Å². The second kappa shape index (κ2) is 4.68. The molecule has 0 aliphatic rings. The Labute approximate surface area is 86.4 Å². The summed E-state index contributed by atoms with van der Waals surface area (Å²) in [6.45, 7) is 2.35. The van der Waals surface area contributed by atoms with Crippen molar-refractivity contribution in [1.29, 1.82) is 0 Å². The average Bonchev–Trinajstić information content (AvgIpc) is 2.12. The van der Waals surface area contributed by atoms with Crippen molar-refractivity contribution in [2.45, 2.75) is 13.3 Å². The Bertz CT molecular complexity index is 302. The van der Waals surface area contributed by atoms with E-state index in [1.165, 1.54) is 12.1 Å². The molecule has 0 N–H and O–H groups in total. The summed E-state index contributed by atoms with van der Waals surface area (Å²) >= 11 is 11.3. The van der Waals surface area contributed by atoms with Crippen molar-refractivity contribution in [3.8, 4) is 5.75 Å². The van der Waals surface area contributed by atoms with Crippen molar-refractivity contribution in [3.05, 3.63) is 28.0 Å². The van der Waals surface area contributed by atoms with E-state index in [0.29, 0.717) is 6.61 Å². The first-order chi connectivity index (χ1) is 6.16. The number of hydrogen-bond donors (Lipinski definition) is 0. The summed E-state index contributed by atoms with van der Waals surface area (Å²) in [5.74, 6) is -0.557. The second-order valence-electron chi connectivity index (χ2n) is 2.52. The van der Waals surface area contributed by atoms with E-state index >= 15 is 0 Å². The normalized spacial score (nSPS) is 10.2. The van der Waals surface area contributed by atoms with E-state index in [4.69, 9.17) is 27.9 Å². The molecule has 0 spiro atoms. The molecule has 0 radical (unpaired) electrons. The molecular weight excluding hydrogens is 214 g/mol.